The number of hydrogen-bond donors (Lipinski definition) is 1. The standard InChI is InChI=1S/C17H23N3O/c1-6-15-19-16(12(4)17(18-5)20-15)13-8-7-9-14(10-13)21-11(2)3/h7-11H,6H2,1-5H3,(H,18,19,20). The molecule has 0 spiro atoms. The molecule has 1 heterocycles. The Morgan fingerprint density at radius 1 is 1.24 bits per heavy atom. The fourth-order valence-electron chi connectivity index (χ4n) is 2.23. The minimum atomic E-state index is 0.158. The zero-order valence-corrected chi connectivity index (χ0v) is 13.4. The number of hydrogen-bond acceptors (Lipinski definition) is 4. The van der Waals surface area contributed by atoms with Crippen molar-refractivity contribution in [3.05, 3.63) is 35.7 Å². The smallest absolute Gasteiger partial charge is 0.132 e. The van der Waals surface area contributed by atoms with Crippen LogP contribution in [0.1, 0.15) is 32.2 Å². The maximum atomic E-state index is 5.77. The summed E-state index contributed by atoms with van der Waals surface area (Å²) < 4.78 is 5.77. The molecular formula is C17H23N3O. The van der Waals surface area contributed by atoms with Crippen LogP contribution in [0.5, 0.6) is 5.75 Å². The molecule has 1 aromatic heterocycles. The van der Waals surface area contributed by atoms with Crippen LogP contribution in [-0.4, -0.2) is 23.1 Å². The van der Waals surface area contributed by atoms with Gasteiger partial charge in [-0.15, -0.1) is 0 Å². The monoisotopic (exact) mass is 285 g/mol. The molecule has 0 aliphatic rings. The highest BCUT2D eigenvalue weighted by Gasteiger charge is 2.12. The summed E-state index contributed by atoms with van der Waals surface area (Å²) in [6.45, 7) is 8.15. The lowest BCUT2D eigenvalue weighted by Gasteiger charge is -2.14. The first-order chi connectivity index (χ1) is 10.0. The van der Waals surface area contributed by atoms with Crippen LogP contribution in [0.3, 0.4) is 0 Å². The van der Waals surface area contributed by atoms with Crippen molar-refractivity contribution in [3.63, 3.8) is 0 Å². The number of benzene rings is 1. The molecule has 0 aliphatic heterocycles. The van der Waals surface area contributed by atoms with E-state index in [2.05, 4.69) is 28.3 Å². The molecule has 0 atom stereocenters. The summed E-state index contributed by atoms with van der Waals surface area (Å²) >= 11 is 0. The van der Waals surface area contributed by atoms with Crippen molar-refractivity contribution in [1.29, 1.82) is 0 Å². The van der Waals surface area contributed by atoms with Crippen molar-refractivity contribution in [2.24, 2.45) is 0 Å². The van der Waals surface area contributed by atoms with Crippen molar-refractivity contribution >= 4 is 5.82 Å². The fourth-order valence-corrected chi connectivity index (χ4v) is 2.23. The number of aromatic nitrogens is 2. The molecule has 0 unspecified atom stereocenters. The van der Waals surface area contributed by atoms with E-state index in [1.54, 1.807) is 0 Å². The third-order valence-corrected chi connectivity index (χ3v) is 3.22. The molecule has 0 fully saturated rings. The molecule has 1 aromatic carbocycles. The van der Waals surface area contributed by atoms with E-state index in [-0.39, 0.29) is 6.10 Å². The van der Waals surface area contributed by atoms with E-state index in [9.17, 15) is 0 Å². The molecule has 0 radical (unpaired) electrons. The van der Waals surface area contributed by atoms with E-state index in [0.29, 0.717) is 0 Å². The molecule has 0 amide bonds. The summed E-state index contributed by atoms with van der Waals surface area (Å²) in [5.74, 6) is 2.59. The van der Waals surface area contributed by atoms with Gasteiger partial charge in [0.2, 0.25) is 0 Å². The van der Waals surface area contributed by atoms with Gasteiger partial charge in [-0.25, -0.2) is 9.97 Å². The quantitative estimate of drug-likeness (QED) is 0.906. The third-order valence-electron chi connectivity index (χ3n) is 3.22. The number of nitrogens with one attached hydrogen (secondary N) is 1. The first-order valence-corrected chi connectivity index (χ1v) is 7.37. The first kappa shape index (κ1) is 15.3. The third kappa shape index (κ3) is 3.51. The molecule has 4 heteroatoms. The summed E-state index contributed by atoms with van der Waals surface area (Å²) in [6, 6.07) is 8.06. The number of ether oxygens (including phenoxy) is 1. The van der Waals surface area contributed by atoms with Crippen LogP contribution in [0.15, 0.2) is 24.3 Å². The Morgan fingerprint density at radius 3 is 2.62 bits per heavy atom. The molecule has 2 rings (SSSR count). The first-order valence-electron chi connectivity index (χ1n) is 7.37. The molecule has 0 bridgehead atoms. The lowest BCUT2D eigenvalue weighted by Crippen LogP contribution is -2.06. The topological polar surface area (TPSA) is 47.0 Å². The minimum Gasteiger partial charge on any atom is -0.491 e. The molecule has 0 aliphatic carbocycles. The SMILES string of the molecule is CCc1nc(NC)c(C)c(-c2cccc(OC(C)C)c2)n1. The maximum absolute atomic E-state index is 5.77. The second-order valence-corrected chi connectivity index (χ2v) is 5.26. The Balaban J connectivity index is 2.50. The van der Waals surface area contributed by atoms with Gasteiger partial charge in [0.25, 0.3) is 0 Å². The Labute approximate surface area is 126 Å². The lowest BCUT2D eigenvalue weighted by atomic mass is 10.1. The lowest BCUT2D eigenvalue weighted by molar-refractivity contribution is 0.242. The Morgan fingerprint density at radius 2 is 2.00 bits per heavy atom. The second kappa shape index (κ2) is 6.57. The van der Waals surface area contributed by atoms with Crippen LogP contribution >= 0.6 is 0 Å². The molecule has 0 saturated carbocycles. The van der Waals surface area contributed by atoms with Crippen LogP contribution in [-0.2, 0) is 6.42 Å². The zero-order chi connectivity index (χ0) is 15.4. The van der Waals surface area contributed by atoms with Gasteiger partial charge < -0.3 is 10.1 Å². The highest BCUT2D eigenvalue weighted by molar-refractivity contribution is 5.69. The van der Waals surface area contributed by atoms with Gasteiger partial charge in [0.1, 0.15) is 17.4 Å². The van der Waals surface area contributed by atoms with E-state index >= 15 is 0 Å². The van der Waals surface area contributed by atoms with Gasteiger partial charge in [-0.3, -0.25) is 0 Å². The van der Waals surface area contributed by atoms with Crippen molar-refractivity contribution in [1.82, 2.24) is 9.97 Å². The van der Waals surface area contributed by atoms with Crippen molar-refractivity contribution < 1.29 is 4.74 Å². The van der Waals surface area contributed by atoms with Crippen molar-refractivity contribution in [2.75, 3.05) is 12.4 Å². The van der Waals surface area contributed by atoms with E-state index in [4.69, 9.17) is 4.74 Å². The van der Waals surface area contributed by atoms with E-state index in [0.717, 1.165) is 40.6 Å². The van der Waals surface area contributed by atoms with Crippen LogP contribution < -0.4 is 10.1 Å². The summed E-state index contributed by atoms with van der Waals surface area (Å²) in [4.78, 5) is 9.20. The second-order valence-electron chi connectivity index (χ2n) is 5.26. The van der Waals surface area contributed by atoms with E-state index in [1.165, 1.54) is 0 Å². The van der Waals surface area contributed by atoms with Gasteiger partial charge in [0.05, 0.1) is 11.8 Å². The van der Waals surface area contributed by atoms with Gasteiger partial charge >= 0.3 is 0 Å². The van der Waals surface area contributed by atoms with Gasteiger partial charge in [0, 0.05) is 24.6 Å². The predicted octanol–water partition coefficient (Wildman–Crippen LogP) is 3.84. The van der Waals surface area contributed by atoms with Gasteiger partial charge in [-0.2, -0.15) is 0 Å². The van der Waals surface area contributed by atoms with Crippen LogP contribution in [0.25, 0.3) is 11.3 Å². The molecule has 1 N–H and O–H groups in total. The highest BCUT2D eigenvalue weighted by atomic mass is 16.5. The largest absolute Gasteiger partial charge is 0.491 e. The molecule has 4 nitrogen and oxygen atoms in total. The van der Waals surface area contributed by atoms with Crippen molar-refractivity contribution in [3.8, 4) is 17.0 Å². The Hall–Kier alpha value is -2.10. The Bertz CT molecular complexity index is 623. The number of anilines is 1. The van der Waals surface area contributed by atoms with Crippen LogP contribution in [0.2, 0.25) is 0 Å². The summed E-state index contributed by atoms with van der Waals surface area (Å²) in [6.07, 6.45) is 0.968. The number of rotatable bonds is 5. The van der Waals surface area contributed by atoms with E-state index < -0.39 is 0 Å². The fraction of sp³-hybridized carbons (Fsp3) is 0.412. The Kier molecular flexibility index (Phi) is 4.78. The number of nitrogens with zero attached hydrogens (tertiary/aromatic N) is 2. The molecular weight excluding hydrogens is 262 g/mol. The summed E-state index contributed by atoms with van der Waals surface area (Å²) in [5, 5.41) is 3.14. The molecule has 112 valence electrons. The average molecular weight is 285 g/mol. The van der Waals surface area contributed by atoms with Crippen LogP contribution in [0.4, 0.5) is 5.82 Å². The molecule has 2 aromatic rings. The van der Waals surface area contributed by atoms with E-state index in [1.807, 2.05) is 46.0 Å². The normalized spacial score (nSPS) is 10.8. The maximum Gasteiger partial charge on any atom is 0.132 e. The molecule has 21 heavy (non-hydrogen) atoms. The highest BCUT2D eigenvalue weighted by Crippen LogP contribution is 2.28. The van der Waals surface area contributed by atoms with Gasteiger partial charge in [-0.05, 0) is 32.9 Å². The van der Waals surface area contributed by atoms with Crippen molar-refractivity contribution in [2.45, 2.75) is 40.2 Å². The predicted molar refractivity (Wildman–Crippen MR) is 86.9 cm³/mol. The van der Waals surface area contributed by atoms with Gasteiger partial charge in [-0.1, -0.05) is 19.1 Å². The van der Waals surface area contributed by atoms with Crippen LogP contribution in [0, 0.1) is 6.92 Å². The number of aryl methyl sites for hydroxylation is 1. The summed E-state index contributed by atoms with van der Waals surface area (Å²) in [5.41, 5.74) is 3.07. The average Bonchev–Trinajstić information content (AvgIpc) is 2.47. The van der Waals surface area contributed by atoms with Gasteiger partial charge in [0.15, 0.2) is 0 Å². The molecule has 0 saturated heterocycles. The summed E-state index contributed by atoms with van der Waals surface area (Å²) in [7, 11) is 1.89. The zero-order valence-electron chi connectivity index (χ0n) is 13.4. The minimum absolute atomic E-state index is 0.158.